The van der Waals surface area contributed by atoms with Crippen LogP contribution in [0.5, 0.6) is 0 Å². The largest absolute Gasteiger partial charge is 0.418 e. The summed E-state index contributed by atoms with van der Waals surface area (Å²) in [5, 5.41) is 3.02. The highest BCUT2D eigenvalue weighted by Crippen LogP contribution is 2.40. The van der Waals surface area contributed by atoms with Gasteiger partial charge in [-0.1, -0.05) is 0 Å². The average Bonchev–Trinajstić information content (AvgIpc) is 3.15. The molecule has 37 heavy (non-hydrogen) atoms. The van der Waals surface area contributed by atoms with Gasteiger partial charge in [0, 0.05) is 46.8 Å². The molecule has 11 heteroatoms. The Bertz CT molecular complexity index is 1370. The summed E-state index contributed by atoms with van der Waals surface area (Å²) in [6.45, 7) is 6.13. The number of fused-ring (bicyclic) bond motifs is 1. The van der Waals surface area contributed by atoms with Crippen molar-refractivity contribution < 1.29 is 31.1 Å². The topological polar surface area (TPSA) is 58.1 Å². The molecule has 1 aromatic carbocycles. The normalized spacial score (nSPS) is 14.6. The summed E-state index contributed by atoms with van der Waals surface area (Å²) in [6.07, 6.45) is -3.00. The zero-order valence-corrected chi connectivity index (χ0v) is 20.5. The Labute approximate surface area is 209 Å². The molecular formula is C26H24F6N4O. The summed E-state index contributed by atoms with van der Waals surface area (Å²) < 4.78 is 84.9. The highest BCUT2D eigenvalue weighted by Gasteiger charge is 2.39. The first-order chi connectivity index (χ1) is 17.2. The van der Waals surface area contributed by atoms with Crippen LogP contribution in [0.2, 0.25) is 0 Å². The quantitative estimate of drug-likeness (QED) is 0.362. The van der Waals surface area contributed by atoms with Crippen molar-refractivity contribution in [3.05, 3.63) is 76.1 Å². The Hall–Kier alpha value is -3.63. The fourth-order valence-electron chi connectivity index (χ4n) is 4.36. The fourth-order valence-corrected chi connectivity index (χ4v) is 4.36. The van der Waals surface area contributed by atoms with Crippen molar-refractivity contribution >= 4 is 11.7 Å². The molecule has 1 aliphatic rings. The van der Waals surface area contributed by atoms with Gasteiger partial charge in [0.25, 0.3) is 5.91 Å². The second kappa shape index (κ2) is 9.35. The number of rotatable bonds is 6. The number of hydrogen-bond acceptors (Lipinski definition) is 4. The van der Waals surface area contributed by atoms with Crippen molar-refractivity contribution in [1.29, 1.82) is 0 Å². The molecule has 3 aromatic rings. The monoisotopic (exact) mass is 522 g/mol. The molecule has 3 heterocycles. The summed E-state index contributed by atoms with van der Waals surface area (Å²) in [5.74, 6) is -1.58. The number of anilines is 1. The number of halogens is 6. The Kier molecular flexibility index (Phi) is 6.68. The van der Waals surface area contributed by atoms with Crippen LogP contribution in [0.1, 0.15) is 66.3 Å². The first-order valence-corrected chi connectivity index (χ1v) is 11.5. The van der Waals surface area contributed by atoms with Gasteiger partial charge in [0.05, 0.1) is 23.8 Å². The van der Waals surface area contributed by atoms with Gasteiger partial charge in [0.15, 0.2) is 0 Å². The summed E-state index contributed by atoms with van der Waals surface area (Å²) in [6, 6.07) is 3.33. The van der Waals surface area contributed by atoms with Crippen LogP contribution in [0.4, 0.5) is 32.2 Å². The van der Waals surface area contributed by atoms with E-state index >= 15 is 8.78 Å². The molecule has 0 spiro atoms. The number of amides is 1. The van der Waals surface area contributed by atoms with Gasteiger partial charge in [-0.3, -0.25) is 9.78 Å². The Balaban J connectivity index is 1.68. The van der Waals surface area contributed by atoms with E-state index in [2.05, 4.69) is 15.3 Å². The molecule has 0 unspecified atom stereocenters. The van der Waals surface area contributed by atoms with Crippen molar-refractivity contribution in [3.63, 3.8) is 0 Å². The van der Waals surface area contributed by atoms with Crippen LogP contribution >= 0.6 is 0 Å². The molecule has 0 bridgehead atoms. The standard InChI is InChI=1S/C26H24F6N4O/c1-5-36-12-17-14(24(36)37)6-7-33-23(17)35-13(2)15-8-21(28)16(9-20(15)27)22-10-18(25(3,4)29)19(11-34-22)26(30,31)32/h6-11,13H,5,12H2,1-4H3,(H,33,35)/t13-/m0/s1. The van der Waals surface area contributed by atoms with Crippen molar-refractivity contribution in [1.82, 2.24) is 14.9 Å². The van der Waals surface area contributed by atoms with Crippen LogP contribution in [0, 0.1) is 11.6 Å². The van der Waals surface area contributed by atoms with Gasteiger partial charge in [-0.15, -0.1) is 0 Å². The predicted molar refractivity (Wildman–Crippen MR) is 125 cm³/mol. The molecular weight excluding hydrogens is 498 g/mol. The maximum atomic E-state index is 15.2. The molecule has 0 radical (unpaired) electrons. The minimum absolute atomic E-state index is 0.0738. The van der Waals surface area contributed by atoms with E-state index in [1.165, 1.54) is 6.20 Å². The van der Waals surface area contributed by atoms with Crippen LogP contribution < -0.4 is 5.32 Å². The summed E-state index contributed by atoms with van der Waals surface area (Å²) in [5.41, 5.74) is -4.12. The lowest BCUT2D eigenvalue weighted by molar-refractivity contribution is -0.139. The zero-order valence-electron chi connectivity index (χ0n) is 20.5. The SMILES string of the molecule is CCN1Cc2c(ccnc2N[C@@H](C)c2cc(F)c(-c3cc(C(C)(C)F)c(C(F)(F)F)cn3)cc2F)C1=O. The third-order valence-electron chi connectivity index (χ3n) is 6.34. The number of carbonyl (C=O) groups is 1. The molecule has 0 aliphatic carbocycles. The molecule has 4 rings (SSSR count). The number of hydrogen-bond donors (Lipinski definition) is 1. The molecule has 0 fully saturated rings. The number of nitrogens with zero attached hydrogens (tertiary/aromatic N) is 3. The van der Waals surface area contributed by atoms with E-state index in [-0.39, 0.29) is 17.2 Å². The van der Waals surface area contributed by atoms with Crippen LogP contribution in [0.25, 0.3) is 11.3 Å². The minimum atomic E-state index is -4.87. The van der Waals surface area contributed by atoms with Gasteiger partial charge < -0.3 is 10.2 Å². The third-order valence-corrected chi connectivity index (χ3v) is 6.34. The Morgan fingerprint density at radius 2 is 1.73 bits per heavy atom. The van der Waals surface area contributed by atoms with Gasteiger partial charge in [-0.2, -0.15) is 13.2 Å². The second-order valence-electron chi connectivity index (χ2n) is 9.31. The molecule has 2 aromatic heterocycles. The van der Waals surface area contributed by atoms with Crippen molar-refractivity contribution in [3.8, 4) is 11.3 Å². The molecule has 5 nitrogen and oxygen atoms in total. The molecule has 196 valence electrons. The van der Waals surface area contributed by atoms with E-state index in [0.717, 1.165) is 32.0 Å². The highest BCUT2D eigenvalue weighted by molar-refractivity contribution is 5.99. The predicted octanol–water partition coefficient (Wildman–Crippen LogP) is 6.79. The molecule has 0 saturated heterocycles. The first-order valence-electron chi connectivity index (χ1n) is 11.5. The molecule has 1 aliphatic heterocycles. The van der Waals surface area contributed by atoms with Gasteiger partial charge in [0.2, 0.25) is 0 Å². The summed E-state index contributed by atoms with van der Waals surface area (Å²) in [4.78, 5) is 22.0. The summed E-state index contributed by atoms with van der Waals surface area (Å²) >= 11 is 0. The van der Waals surface area contributed by atoms with Crippen molar-refractivity contribution in [2.75, 3.05) is 11.9 Å². The van der Waals surface area contributed by atoms with Gasteiger partial charge >= 0.3 is 6.18 Å². The molecule has 0 saturated carbocycles. The van der Waals surface area contributed by atoms with E-state index in [0.29, 0.717) is 36.2 Å². The lowest BCUT2D eigenvalue weighted by Crippen LogP contribution is -2.22. The summed E-state index contributed by atoms with van der Waals surface area (Å²) in [7, 11) is 0. The van der Waals surface area contributed by atoms with E-state index in [1.54, 1.807) is 17.9 Å². The minimum Gasteiger partial charge on any atom is -0.363 e. The Morgan fingerprint density at radius 1 is 1.03 bits per heavy atom. The number of alkyl halides is 4. The average molecular weight is 522 g/mol. The van der Waals surface area contributed by atoms with E-state index in [1.807, 2.05) is 6.92 Å². The van der Waals surface area contributed by atoms with Crippen molar-refractivity contribution in [2.24, 2.45) is 0 Å². The smallest absolute Gasteiger partial charge is 0.363 e. The highest BCUT2D eigenvalue weighted by atomic mass is 19.4. The molecule has 1 amide bonds. The van der Waals surface area contributed by atoms with Crippen molar-refractivity contribution in [2.45, 2.75) is 52.1 Å². The lowest BCUT2D eigenvalue weighted by atomic mass is 9.93. The maximum absolute atomic E-state index is 15.2. The maximum Gasteiger partial charge on any atom is 0.418 e. The molecule has 1 atom stereocenters. The van der Waals surface area contributed by atoms with Crippen LogP contribution in [-0.2, 0) is 18.4 Å². The zero-order chi connectivity index (χ0) is 27.3. The van der Waals surface area contributed by atoms with Gasteiger partial charge in [0.1, 0.15) is 23.1 Å². The number of aromatic nitrogens is 2. The second-order valence-corrected chi connectivity index (χ2v) is 9.31. The lowest BCUT2D eigenvalue weighted by Gasteiger charge is -2.22. The van der Waals surface area contributed by atoms with Gasteiger partial charge in [-0.25, -0.2) is 18.2 Å². The Morgan fingerprint density at radius 3 is 2.35 bits per heavy atom. The van der Waals surface area contributed by atoms with E-state index < -0.39 is 46.2 Å². The number of benzene rings is 1. The van der Waals surface area contributed by atoms with Crippen LogP contribution in [0.15, 0.2) is 36.7 Å². The van der Waals surface area contributed by atoms with Crippen LogP contribution in [0.3, 0.4) is 0 Å². The number of carbonyl (C=O) groups excluding carboxylic acids is 1. The van der Waals surface area contributed by atoms with Gasteiger partial charge in [-0.05, 0) is 52.0 Å². The van der Waals surface area contributed by atoms with E-state index in [4.69, 9.17) is 0 Å². The van der Waals surface area contributed by atoms with Crippen LogP contribution in [-0.4, -0.2) is 27.3 Å². The number of nitrogens with one attached hydrogen (secondary N) is 1. The first kappa shape index (κ1) is 26.4. The third kappa shape index (κ3) is 4.99. The number of pyridine rings is 2. The molecule has 1 N–H and O–H groups in total. The fraction of sp³-hybridized carbons (Fsp3) is 0.346. The van der Waals surface area contributed by atoms with E-state index in [9.17, 15) is 22.4 Å².